The molecule has 31 heavy (non-hydrogen) atoms. The summed E-state index contributed by atoms with van der Waals surface area (Å²) in [5.41, 5.74) is 5.08. The molecule has 1 aliphatic rings. The van der Waals surface area contributed by atoms with Crippen molar-refractivity contribution < 1.29 is 19.9 Å². The SMILES string of the molecule is O=C(NO)c1cc2ccc(CNCc3ccc(CN4CCCC4C(=O)O)cc3)cc2s1. The Morgan fingerprint density at radius 2 is 1.74 bits per heavy atom. The van der Waals surface area contributed by atoms with Gasteiger partial charge in [0, 0.05) is 24.3 Å². The average Bonchev–Trinajstić information content (AvgIpc) is 3.41. The van der Waals surface area contributed by atoms with E-state index in [0.29, 0.717) is 18.0 Å². The van der Waals surface area contributed by atoms with Gasteiger partial charge in [0.25, 0.3) is 5.91 Å². The fraction of sp³-hybridized carbons (Fsp3) is 0.304. The molecule has 1 fully saturated rings. The minimum Gasteiger partial charge on any atom is -0.480 e. The first-order valence-electron chi connectivity index (χ1n) is 10.3. The van der Waals surface area contributed by atoms with E-state index in [4.69, 9.17) is 5.21 Å². The number of carboxylic acid groups (broad SMARTS) is 1. The van der Waals surface area contributed by atoms with E-state index in [1.54, 1.807) is 11.5 Å². The normalized spacial score (nSPS) is 16.6. The lowest BCUT2D eigenvalue weighted by Gasteiger charge is -2.21. The van der Waals surface area contributed by atoms with Gasteiger partial charge in [-0.05, 0) is 53.6 Å². The van der Waals surface area contributed by atoms with E-state index in [9.17, 15) is 14.7 Å². The molecule has 1 aliphatic heterocycles. The van der Waals surface area contributed by atoms with Crippen molar-refractivity contribution in [1.29, 1.82) is 0 Å². The van der Waals surface area contributed by atoms with Gasteiger partial charge in [0.1, 0.15) is 6.04 Å². The Morgan fingerprint density at radius 1 is 1.03 bits per heavy atom. The number of aliphatic carboxylic acids is 1. The molecule has 162 valence electrons. The monoisotopic (exact) mass is 439 g/mol. The van der Waals surface area contributed by atoms with Crippen LogP contribution in [0.25, 0.3) is 10.1 Å². The molecule has 1 aromatic heterocycles. The van der Waals surface area contributed by atoms with Crippen LogP contribution in [-0.2, 0) is 24.4 Å². The number of carbonyl (C=O) groups excluding carboxylic acids is 1. The standard InChI is InChI=1S/C23H25N3O4S/c27-22(25-30)21-11-18-8-7-17(10-20(18)31-21)13-24-12-15-3-5-16(6-4-15)14-26-9-1-2-19(26)23(28)29/h3-8,10-11,19,24,30H,1-2,9,12-14H2,(H,25,27)(H,28,29). The molecule has 4 rings (SSSR count). The maximum absolute atomic E-state index is 11.6. The summed E-state index contributed by atoms with van der Waals surface area (Å²) in [6.07, 6.45) is 1.66. The number of fused-ring (bicyclic) bond motifs is 1. The van der Waals surface area contributed by atoms with Crippen LogP contribution < -0.4 is 10.8 Å². The van der Waals surface area contributed by atoms with E-state index in [1.807, 2.05) is 17.0 Å². The van der Waals surface area contributed by atoms with Crippen LogP contribution in [0.4, 0.5) is 0 Å². The highest BCUT2D eigenvalue weighted by Crippen LogP contribution is 2.26. The zero-order valence-corrected chi connectivity index (χ0v) is 17.8. The summed E-state index contributed by atoms with van der Waals surface area (Å²) in [4.78, 5) is 25.4. The molecule has 1 amide bonds. The van der Waals surface area contributed by atoms with Crippen molar-refractivity contribution in [3.8, 4) is 0 Å². The lowest BCUT2D eigenvalue weighted by Crippen LogP contribution is -2.35. The van der Waals surface area contributed by atoms with Gasteiger partial charge < -0.3 is 10.4 Å². The number of rotatable bonds is 8. The zero-order valence-electron chi connectivity index (χ0n) is 17.0. The quantitative estimate of drug-likeness (QED) is 0.317. The molecule has 2 heterocycles. The van der Waals surface area contributed by atoms with Crippen molar-refractivity contribution in [2.24, 2.45) is 0 Å². The van der Waals surface area contributed by atoms with Crippen molar-refractivity contribution in [2.45, 2.75) is 38.5 Å². The number of benzene rings is 2. The van der Waals surface area contributed by atoms with Gasteiger partial charge >= 0.3 is 5.97 Å². The largest absolute Gasteiger partial charge is 0.480 e. The van der Waals surface area contributed by atoms with E-state index in [-0.39, 0.29) is 6.04 Å². The van der Waals surface area contributed by atoms with E-state index in [2.05, 4.69) is 35.6 Å². The highest BCUT2D eigenvalue weighted by molar-refractivity contribution is 7.20. The van der Waals surface area contributed by atoms with Crippen molar-refractivity contribution >= 4 is 33.3 Å². The molecule has 3 aromatic rings. The fourth-order valence-electron chi connectivity index (χ4n) is 4.00. The van der Waals surface area contributed by atoms with Gasteiger partial charge in [0.05, 0.1) is 4.88 Å². The number of hydrogen-bond acceptors (Lipinski definition) is 6. The van der Waals surface area contributed by atoms with Gasteiger partial charge in [-0.3, -0.25) is 19.7 Å². The molecule has 0 radical (unpaired) electrons. The summed E-state index contributed by atoms with van der Waals surface area (Å²) >= 11 is 1.35. The smallest absolute Gasteiger partial charge is 0.320 e. The van der Waals surface area contributed by atoms with Crippen LogP contribution in [0.5, 0.6) is 0 Å². The molecule has 2 aromatic carbocycles. The summed E-state index contributed by atoms with van der Waals surface area (Å²) < 4.78 is 1.00. The first-order chi connectivity index (χ1) is 15.0. The molecule has 1 unspecified atom stereocenters. The van der Waals surface area contributed by atoms with Gasteiger partial charge in [-0.2, -0.15) is 0 Å². The number of amides is 1. The molecule has 0 saturated carbocycles. The van der Waals surface area contributed by atoms with Crippen LogP contribution in [0.15, 0.2) is 48.5 Å². The Kier molecular flexibility index (Phi) is 6.62. The Morgan fingerprint density at radius 3 is 2.48 bits per heavy atom. The predicted octanol–water partition coefficient (Wildman–Crippen LogP) is 3.36. The summed E-state index contributed by atoms with van der Waals surface area (Å²) in [6, 6.07) is 15.8. The summed E-state index contributed by atoms with van der Waals surface area (Å²) in [6.45, 7) is 2.93. The van der Waals surface area contributed by atoms with E-state index < -0.39 is 11.9 Å². The minimum absolute atomic E-state index is 0.365. The number of carbonyl (C=O) groups is 2. The number of hydroxylamine groups is 1. The number of hydrogen-bond donors (Lipinski definition) is 4. The molecular formula is C23H25N3O4S. The zero-order chi connectivity index (χ0) is 21.8. The van der Waals surface area contributed by atoms with E-state index in [1.165, 1.54) is 16.9 Å². The molecule has 0 aliphatic carbocycles. The number of nitrogens with zero attached hydrogens (tertiary/aromatic N) is 1. The highest BCUT2D eigenvalue weighted by atomic mass is 32.1. The molecule has 1 atom stereocenters. The number of carboxylic acids is 1. The molecule has 8 heteroatoms. The maximum atomic E-state index is 11.6. The highest BCUT2D eigenvalue weighted by Gasteiger charge is 2.30. The van der Waals surface area contributed by atoms with Crippen LogP contribution in [-0.4, -0.2) is 39.7 Å². The molecule has 7 nitrogen and oxygen atoms in total. The Bertz CT molecular complexity index is 1080. The first-order valence-corrected chi connectivity index (χ1v) is 11.1. The minimum atomic E-state index is -0.730. The Balaban J connectivity index is 1.30. The van der Waals surface area contributed by atoms with Crippen LogP contribution >= 0.6 is 11.3 Å². The second-order valence-electron chi connectivity index (χ2n) is 7.81. The summed E-state index contributed by atoms with van der Waals surface area (Å²) in [7, 11) is 0. The van der Waals surface area contributed by atoms with Crippen molar-refractivity contribution in [3.05, 3.63) is 70.1 Å². The van der Waals surface area contributed by atoms with Crippen LogP contribution in [0.3, 0.4) is 0 Å². The number of thiophene rings is 1. The van der Waals surface area contributed by atoms with Gasteiger partial charge in [-0.25, -0.2) is 5.48 Å². The Hall–Kier alpha value is -2.78. The number of nitrogens with one attached hydrogen (secondary N) is 2. The van der Waals surface area contributed by atoms with Crippen LogP contribution in [0.1, 0.15) is 39.2 Å². The van der Waals surface area contributed by atoms with Gasteiger partial charge in [0.2, 0.25) is 0 Å². The van der Waals surface area contributed by atoms with Crippen molar-refractivity contribution in [2.75, 3.05) is 6.54 Å². The third kappa shape index (κ3) is 5.11. The lowest BCUT2D eigenvalue weighted by molar-refractivity contribution is -0.142. The van der Waals surface area contributed by atoms with Gasteiger partial charge in [0.15, 0.2) is 0 Å². The van der Waals surface area contributed by atoms with Crippen LogP contribution in [0.2, 0.25) is 0 Å². The van der Waals surface area contributed by atoms with Crippen molar-refractivity contribution in [3.63, 3.8) is 0 Å². The molecular weight excluding hydrogens is 414 g/mol. The summed E-state index contributed by atoms with van der Waals surface area (Å²) in [5, 5.41) is 22.5. The van der Waals surface area contributed by atoms with Gasteiger partial charge in [-0.15, -0.1) is 11.3 Å². The van der Waals surface area contributed by atoms with E-state index in [0.717, 1.165) is 47.1 Å². The third-order valence-corrected chi connectivity index (χ3v) is 6.72. The van der Waals surface area contributed by atoms with Crippen LogP contribution in [0, 0.1) is 0 Å². The van der Waals surface area contributed by atoms with E-state index >= 15 is 0 Å². The van der Waals surface area contributed by atoms with Gasteiger partial charge in [-0.1, -0.05) is 36.4 Å². The molecule has 4 N–H and O–H groups in total. The fourth-order valence-corrected chi connectivity index (χ4v) is 5.01. The second-order valence-corrected chi connectivity index (χ2v) is 8.89. The van der Waals surface area contributed by atoms with Crippen molar-refractivity contribution in [1.82, 2.24) is 15.7 Å². The molecule has 0 bridgehead atoms. The lowest BCUT2D eigenvalue weighted by atomic mass is 10.1. The third-order valence-electron chi connectivity index (χ3n) is 5.63. The first kappa shape index (κ1) is 21.5. The molecule has 0 spiro atoms. The summed E-state index contributed by atoms with van der Waals surface area (Å²) in [5.74, 6) is -1.22. The number of likely N-dealkylation sites (tertiary alicyclic amines) is 1. The predicted molar refractivity (Wildman–Crippen MR) is 119 cm³/mol. The second kappa shape index (κ2) is 9.57. The Labute approximate surface area is 184 Å². The average molecular weight is 440 g/mol. The maximum Gasteiger partial charge on any atom is 0.320 e. The molecule has 1 saturated heterocycles. The topological polar surface area (TPSA) is 102 Å².